The van der Waals surface area contributed by atoms with Crippen LogP contribution in [0.4, 0.5) is 0 Å². The van der Waals surface area contributed by atoms with Crippen molar-refractivity contribution in [3.05, 3.63) is 125 Å². The Kier molecular flexibility index (Phi) is 7.67. The highest BCUT2D eigenvalue weighted by Crippen LogP contribution is 2.24. The molecule has 0 saturated carbocycles. The van der Waals surface area contributed by atoms with Crippen LogP contribution in [0.5, 0.6) is 5.75 Å². The van der Waals surface area contributed by atoms with E-state index >= 15 is 0 Å². The van der Waals surface area contributed by atoms with Crippen molar-refractivity contribution < 1.29 is 4.74 Å². The summed E-state index contributed by atoms with van der Waals surface area (Å²) in [6.45, 7) is 3.68. The first-order valence-electron chi connectivity index (χ1n) is 12.5. The van der Waals surface area contributed by atoms with Gasteiger partial charge >= 0.3 is 0 Å². The number of nitrogens with zero attached hydrogens (tertiary/aromatic N) is 4. The first-order valence-corrected chi connectivity index (χ1v) is 12.5. The SMILES string of the molecule is COc1ccc(-c2ccc(Cc3c(CCNCc4cccnc4)nnn3-c3ccc(C)cc3)cc2)cc1. The summed E-state index contributed by atoms with van der Waals surface area (Å²) in [5.74, 6) is 0.861. The molecule has 2 heterocycles. The summed E-state index contributed by atoms with van der Waals surface area (Å²) in [4.78, 5) is 4.19. The quantitative estimate of drug-likeness (QED) is 0.260. The molecule has 0 aliphatic carbocycles. The highest BCUT2D eigenvalue weighted by molar-refractivity contribution is 5.64. The first-order chi connectivity index (χ1) is 18.2. The summed E-state index contributed by atoms with van der Waals surface area (Å²) < 4.78 is 7.26. The number of ether oxygens (including phenoxy) is 1. The maximum Gasteiger partial charge on any atom is 0.118 e. The first kappa shape index (κ1) is 24.4. The topological polar surface area (TPSA) is 64.9 Å². The van der Waals surface area contributed by atoms with Gasteiger partial charge in [-0.25, -0.2) is 4.68 Å². The van der Waals surface area contributed by atoms with Crippen LogP contribution in [0.1, 0.15) is 28.1 Å². The molecule has 3 aromatic carbocycles. The van der Waals surface area contributed by atoms with Gasteiger partial charge in [-0.15, -0.1) is 5.10 Å². The van der Waals surface area contributed by atoms with Crippen LogP contribution in [-0.4, -0.2) is 33.6 Å². The van der Waals surface area contributed by atoms with E-state index in [0.29, 0.717) is 0 Å². The molecule has 0 bridgehead atoms. The van der Waals surface area contributed by atoms with Crippen LogP contribution in [0.2, 0.25) is 0 Å². The summed E-state index contributed by atoms with van der Waals surface area (Å²) in [6, 6.07) is 29.3. The van der Waals surface area contributed by atoms with Gasteiger partial charge in [-0.2, -0.15) is 0 Å². The van der Waals surface area contributed by atoms with E-state index in [0.717, 1.165) is 48.8 Å². The van der Waals surface area contributed by atoms with Crippen molar-refractivity contribution in [1.82, 2.24) is 25.3 Å². The number of nitrogens with one attached hydrogen (secondary N) is 1. The number of pyridine rings is 1. The van der Waals surface area contributed by atoms with Crippen molar-refractivity contribution in [1.29, 1.82) is 0 Å². The minimum Gasteiger partial charge on any atom is -0.497 e. The van der Waals surface area contributed by atoms with Gasteiger partial charge in [-0.05, 0) is 59.5 Å². The number of aryl methyl sites for hydroxylation is 1. The molecular formula is C31H31N5O. The zero-order valence-electron chi connectivity index (χ0n) is 21.3. The van der Waals surface area contributed by atoms with Gasteiger partial charge in [0.05, 0.1) is 24.2 Å². The predicted octanol–water partition coefficient (Wildman–Crippen LogP) is 5.57. The van der Waals surface area contributed by atoms with Gasteiger partial charge < -0.3 is 10.1 Å². The molecule has 0 fully saturated rings. The number of hydrogen-bond acceptors (Lipinski definition) is 5. The minimum atomic E-state index is 0.752. The molecule has 5 aromatic rings. The summed E-state index contributed by atoms with van der Waals surface area (Å²) >= 11 is 0. The van der Waals surface area contributed by atoms with Crippen LogP contribution >= 0.6 is 0 Å². The molecule has 0 aliphatic heterocycles. The second-order valence-corrected chi connectivity index (χ2v) is 9.12. The maximum atomic E-state index is 5.28. The number of aromatic nitrogens is 4. The second-order valence-electron chi connectivity index (χ2n) is 9.12. The van der Waals surface area contributed by atoms with E-state index in [1.54, 1.807) is 13.3 Å². The fourth-order valence-electron chi connectivity index (χ4n) is 4.33. The fourth-order valence-corrected chi connectivity index (χ4v) is 4.33. The van der Waals surface area contributed by atoms with Crippen molar-refractivity contribution in [3.8, 4) is 22.6 Å². The van der Waals surface area contributed by atoms with Crippen LogP contribution in [0, 0.1) is 6.92 Å². The Bertz CT molecular complexity index is 1410. The third kappa shape index (κ3) is 6.11. The largest absolute Gasteiger partial charge is 0.497 e. The number of rotatable bonds is 10. The van der Waals surface area contributed by atoms with Gasteiger partial charge in [0.1, 0.15) is 5.75 Å². The Hall–Kier alpha value is -4.29. The molecule has 37 heavy (non-hydrogen) atoms. The molecule has 6 nitrogen and oxygen atoms in total. The second kappa shape index (κ2) is 11.6. The average molecular weight is 490 g/mol. The predicted molar refractivity (Wildman–Crippen MR) is 147 cm³/mol. The third-order valence-corrected chi connectivity index (χ3v) is 6.46. The Balaban J connectivity index is 1.34. The van der Waals surface area contributed by atoms with Gasteiger partial charge in [0.15, 0.2) is 0 Å². The van der Waals surface area contributed by atoms with E-state index in [4.69, 9.17) is 4.74 Å². The molecule has 186 valence electrons. The summed E-state index contributed by atoms with van der Waals surface area (Å²) in [7, 11) is 1.69. The zero-order valence-corrected chi connectivity index (χ0v) is 21.3. The Morgan fingerprint density at radius 2 is 1.57 bits per heavy atom. The van der Waals surface area contributed by atoms with Crippen LogP contribution in [0.25, 0.3) is 16.8 Å². The molecule has 0 amide bonds. The van der Waals surface area contributed by atoms with Gasteiger partial charge in [0.25, 0.3) is 0 Å². The molecule has 2 aromatic heterocycles. The monoisotopic (exact) mass is 489 g/mol. The van der Waals surface area contributed by atoms with Crippen LogP contribution in [0.15, 0.2) is 97.3 Å². The lowest BCUT2D eigenvalue weighted by atomic mass is 10.0. The number of hydrogen-bond donors (Lipinski definition) is 1. The van der Waals surface area contributed by atoms with Gasteiger partial charge in [-0.1, -0.05) is 65.4 Å². The third-order valence-electron chi connectivity index (χ3n) is 6.46. The molecule has 0 unspecified atom stereocenters. The molecule has 0 radical (unpaired) electrons. The molecule has 0 saturated heterocycles. The highest BCUT2D eigenvalue weighted by Gasteiger charge is 2.15. The van der Waals surface area contributed by atoms with E-state index < -0.39 is 0 Å². The van der Waals surface area contributed by atoms with E-state index in [9.17, 15) is 0 Å². The summed E-state index contributed by atoms with van der Waals surface area (Å²) in [5, 5.41) is 12.6. The molecule has 6 heteroatoms. The average Bonchev–Trinajstić information content (AvgIpc) is 3.34. The Morgan fingerprint density at radius 3 is 2.24 bits per heavy atom. The Morgan fingerprint density at radius 1 is 0.838 bits per heavy atom. The van der Waals surface area contributed by atoms with Crippen LogP contribution in [0.3, 0.4) is 0 Å². The smallest absolute Gasteiger partial charge is 0.118 e. The molecule has 5 rings (SSSR count). The van der Waals surface area contributed by atoms with Crippen LogP contribution in [-0.2, 0) is 19.4 Å². The summed E-state index contributed by atoms with van der Waals surface area (Å²) in [6.07, 6.45) is 5.23. The van der Waals surface area contributed by atoms with Gasteiger partial charge in [0.2, 0.25) is 0 Å². The van der Waals surface area contributed by atoms with E-state index in [1.165, 1.54) is 27.8 Å². The van der Waals surface area contributed by atoms with Gasteiger partial charge in [-0.3, -0.25) is 4.98 Å². The van der Waals surface area contributed by atoms with Crippen molar-refractivity contribution in [2.45, 2.75) is 26.3 Å². The zero-order chi connectivity index (χ0) is 25.5. The standard InChI is InChI=1S/C31H31N5O/c1-23-5-13-28(14-6-23)36-31(30(34-35-36)17-19-33-22-25-4-3-18-32-21-25)20-24-7-9-26(10-8-24)27-11-15-29(37-2)16-12-27/h3-16,18,21,33H,17,19-20,22H2,1-2H3. The number of methoxy groups -OCH3 is 1. The van der Waals surface area contributed by atoms with E-state index in [2.05, 4.69) is 94.3 Å². The minimum absolute atomic E-state index is 0.752. The molecular weight excluding hydrogens is 458 g/mol. The highest BCUT2D eigenvalue weighted by atomic mass is 16.5. The van der Waals surface area contributed by atoms with E-state index in [1.807, 2.05) is 29.1 Å². The lowest BCUT2D eigenvalue weighted by molar-refractivity contribution is 0.415. The molecule has 0 atom stereocenters. The maximum absolute atomic E-state index is 5.28. The van der Waals surface area contributed by atoms with Gasteiger partial charge in [0, 0.05) is 38.3 Å². The lowest BCUT2D eigenvalue weighted by Gasteiger charge is -2.10. The van der Waals surface area contributed by atoms with Crippen molar-refractivity contribution in [2.24, 2.45) is 0 Å². The number of benzene rings is 3. The normalized spacial score (nSPS) is 11.0. The molecule has 0 aliphatic rings. The van der Waals surface area contributed by atoms with Crippen molar-refractivity contribution in [2.75, 3.05) is 13.7 Å². The van der Waals surface area contributed by atoms with Crippen molar-refractivity contribution >= 4 is 0 Å². The fraction of sp³-hybridized carbons (Fsp3) is 0.194. The Labute approximate surface area is 218 Å². The lowest BCUT2D eigenvalue weighted by Crippen LogP contribution is -2.17. The van der Waals surface area contributed by atoms with Crippen molar-refractivity contribution in [3.63, 3.8) is 0 Å². The molecule has 0 spiro atoms. The van der Waals surface area contributed by atoms with E-state index in [-0.39, 0.29) is 0 Å². The summed E-state index contributed by atoms with van der Waals surface area (Å²) in [5.41, 5.74) is 9.11. The molecule has 1 N–H and O–H groups in total. The van der Waals surface area contributed by atoms with Crippen LogP contribution < -0.4 is 10.1 Å².